The van der Waals surface area contributed by atoms with Gasteiger partial charge in [0.05, 0.1) is 30.0 Å². The van der Waals surface area contributed by atoms with Crippen molar-refractivity contribution in [2.45, 2.75) is 38.5 Å². The fraction of sp³-hybridized carbons (Fsp3) is 0.400. The van der Waals surface area contributed by atoms with Crippen molar-refractivity contribution in [1.29, 1.82) is 0 Å². The Hall–Kier alpha value is -3.21. The van der Waals surface area contributed by atoms with Gasteiger partial charge in [0.2, 0.25) is 5.95 Å². The minimum Gasteiger partial charge on any atom is -0.347 e. The summed E-state index contributed by atoms with van der Waals surface area (Å²) in [5.74, 6) is 0.836. The van der Waals surface area contributed by atoms with Crippen molar-refractivity contribution in [2.24, 2.45) is 0 Å². The number of imidazole rings is 1. The SMILES string of the molecule is Cc1nc2ccc(-c3ccn4nc(N[C@@H]5CCNC[C@H]5F)ncc34)nc2n1CC(F)F. The minimum atomic E-state index is -2.50. The van der Waals surface area contributed by atoms with Crippen LogP contribution in [-0.2, 0) is 6.54 Å². The van der Waals surface area contributed by atoms with Crippen LogP contribution in [0, 0.1) is 6.92 Å². The second-order valence-corrected chi connectivity index (χ2v) is 7.60. The zero-order valence-electron chi connectivity index (χ0n) is 16.8. The van der Waals surface area contributed by atoms with Gasteiger partial charge in [0.25, 0.3) is 6.43 Å². The van der Waals surface area contributed by atoms with Gasteiger partial charge in [-0.3, -0.25) is 0 Å². The molecule has 0 bridgehead atoms. The molecule has 31 heavy (non-hydrogen) atoms. The van der Waals surface area contributed by atoms with Crippen LogP contribution in [0.15, 0.2) is 30.6 Å². The summed E-state index contributed by atoms with van der Waals surface area (Å²) in [5.41, 5.74) is 3.05. The van der Waals surface area contributed by atoms with Crippen LogP contribution in [0.25, 0.3) is 27.9 Å². The third kappa shape index (κ3) is 3.69. The van der Waals surface area contributed by atoms with Crippen LogP contribution >= 0.6 is 0 Å². The predicted molar refractivity (Wildman–Crippen MR) is 110 cm³/mol. The maximum absolute atomic E-state index is 14.1. The van der Waals surface area contributed by atoms with Gasteiger partial charge < -0.3 is 15.2 Å². The third-order valence-corrected chi connectivity index (χ3v) is 5.52. The number of hydrogen-bond acceptors (Lipinski definition) is 6. The molecule has 2 N–H and O–H groups in total. The number of fused-ring (bicyclic) bond motifs is 2. The molecular formula is C20H21F3N8. The highest BCUT2D eigenvalue weighted by atomic mass is 19.3. The second-order valence-electron chi connectivity index (χ2n) is 7.60. The van der Waals surface area contributed by atoms with Crippen LogP contribution in [0.1, 0.15) is 12.2 Å². The predicted octanol–water partition coefficient (Wildman–Crippen LogP) is 2.83. The maximum atomic E-state index is 14.1. The summed E-state index contributed by atoms with van der Waals surface area (Å²) in [4.78, 5) is 13.3. The Morgan fingerprint density at radius 3 is 2.94 bits per heavy atom. The van der Waals surface area contributed by atoms with Gasteiger partial charge in [-0.25, -0.2) is 32.6 Å². The lowest BCUT2D eigenvalue weighted by Gasteiger charge is -2.27. The molecule has 0 radical (unpaired) electrons. The van der Waals surface area contributed by atoms with E-state index in [-0.39, 0.29) is 6.04 Å². The first-order valence-electron chi connectivity index (χ1n) is 10.1. The normalized spacial score (nSPS) is 19.5. The molecule has 11 heteroatoms. The van der Waals surface area contributed by atoms with Crippen molar-refractivity contribution in [3.63, 3.8) is 0 Å². The van der Waals surface area contributed by atoms with E-state index in [2.05, 4.69) is 30.7 Å². The fourth-order valence-corrected chi connectivity index (χ4v) is 3.95. The average molecular weight is 430 g/mol. The Morgan fingerprint density at radius 2 is 2.13 bits per heavy atom. The molecule has 1 aliphatic rings. The van der Waals surface area contributed by atoms with Crippen LogP contribution in [0.3, 0.4) is 0 Å². The Bertz CT molecular complexity index is 1230. The molecule has 5 heterocycles. The monoisotopic (exact) mass is 430 g/mol. The maximum Gasteiger partial charge on any atom is 0.256 e. The van der Waals surface area contributed by atoms with Crippen molar-refractivity contribution in [1.82, 2.24) is 34.4 Å². The molecule has 5 rings (SSSR count). The van der Waals surface area contributed by atoms with Gasteiger partial charge in [0.15, 0.2) is 5.65 Å². The van der Waals surface area contributed by atoms with E-state index in [0.29, 0.717) is 47.1 Å². The Kier molecular flexibility index (Phi) is 4.97. The number of pyridine rings is 1. The largest absolute Gasteiger partial charge is 0.347 e. The molecule has 8 nitrogen and oxygen atoms in total. The second kappa shape index (κ2) is 7.80. The lowest BCUT2D eigenvalue weighted by Crippen LogP contribution is -2.45. The fourth-order valence-electron chi connectivity index (χ4n) is 3.95. The van der Waals surface area contributed by atoms with E-state index in [0.717, 1.165) is 12.1 Å². The average Bonchev–Trinajstić information content (AvgIpc) is 3.30. The van der Waals surface area contributed by atoms with Gasteiger partial charge in [-0.05, 0) is 38.1 Å². The number of alkyl halides is 3. The molecule has 1 saturated heterocycles. The highest BCUT2D eigenvalue weighted by Gasteiger charge is 2.25. The minimum absolute atomic E-state index is 0.309. The number of nitrogens with one attached hydrogen (secondary N) is 2. The molecule has 2 atom stereocenters. The van der Waals surface area contributed by atoms with Crippen LogP contribution in [-0.4, -0.2) is 60.9 Å². The molecular weight excluding hydrogens is 409 g/mol. The van der Waals surface area contributed by atoms with Crippen molar-refractivity contribution in [2.75, 3.05) is 18.4 Å². The van der Waals surface area contributed by atoms with Gasteiger partial charge in [0.1, 0.15) is 17.5 Å². The number of nitrogens with zero attached hydrogens (tertiary/aromatic N) is 6. The van der Waals surface area contributed by atoms with E-state index >= 15 is 0 Å². The van der Waals surface area contributed by atoms with Gasteiger partial charge >= 0.3 is 0 Å². The lowest BCUT2D eigenvalue weighted by atomic mass is 10.1. The van der Waals surface area contributed by atoms with Crippen molar-refractivity contribution in [3.8, 4) is 11.3 Å². The topological polar surface area (TPSA) is 85.0 Å². The number of piperidine rings is 1. The highest BCUT2D eigenvalue weighted by molar-refractivity contribution is 5.82. The van der Waals surface area contributed by atoms with Gasteiger partial charge in [-0.15, -0.1) is 5.10 Å². The van der Waals surface area contributed by atoms with Gasteiger partial charge in [0, 0.05) is 18.3 Å². The quantitative estimate of drug-likeness (QED) is 0.507. The van der Waals surface area contributed by atoms with Crippen LogP contribution in [0.4, 0.5) is 19.1 Å². The van der Waals surface area contributed by atoms with Gasteiger partial charge in [-0.1, -0.05) is 0 Å². The van der Waals surface area contributed by atoms with E-state index in [9.17, 15) is 13.2 Å². The molecule has 162 valence electrons. The number of hydrogen-bond donors (Lipinski definition) is 2. The summed E-state index contributed by atoms with van der Waals surface area (Å²) < 4.78 is 43.1. The molecule has 1 aliphatic heterocycles. The molecule has 0 aliphatic carbocycles. The highest BCUT2D eigenvalue weighted by Crippen LogP contribution is 2.26. The first-order valence-corrected chi connectivity index (χ1v) is 10.1. The zero-order chi connectivity index (χ0) is 21.5. The van der Waals surface area contributed by atoms with E-state index in [4.69, 9.17) is 0 Å². The van der Waals surface area contributed by atoms with Crippen molar-refractivity contribution in [3.05, 3.63) is 36.4 Å². The summed E-state index contributed by atoms with van der Waals surface area (Å²) >= 11 is 0. The Balaban J connectivity index is 1.48. The molecule has 4 aromatic heterocycles. The van der Waals surface area contributed by atoms with E-state index in [1.54, 1.807) is 36.0 Å². The number of aryl methyl sites for hydroxylation is 1. The number of rotatable bonds is 5. The summed E-state index contributed by atoms with van der Waals surface area (Å²) in [6.07, 6.45) is 0.549. The molecule has 0 saturated carbocycles. The number of anilines is 1. The molecule has 0 unspecified atom stereocenters. The molecule has 0 spiro atoms. The van der Waals surface area contributed by atoms with Crippen molar-refractivity contribution >= 4 is 22.6 Å². The number of aromatic nitrogens is 6. The summed E-state index contributed by atoms with van der Waals surface area (Å²) in [6, 6.07) is 5.07. The summed E-state index contributed by atoms with van der Waals surface area (Å²) in [7, 11) is 0. The zero-order valence-corrected chi connectivity index (χ0v) is 16.8. The third-order valence-electron chi connectivity index (χ3n) is 5.52. The van der Waals surface area contributed by atoms with Crippen molar-refractivity contribution < 1.29 is 13.2 Å². The number of halogens is 3. The van der Waals surface area contributed by atoms with E-state index < -0.39 is 19.1 Å². The molecule has 0 aromatic carbocycles. The van der Waals surface area contributed by atoms with Crippen LogP contribution < -0.4 is 10.6 Å². The molecule has 0 amide bonds. The van der Waals surface area contributed by atoms with Crippen LogP contribution in [0.5, 0.6) is 0 Å². The van der Waals surface area contributed by atoms with Crippen LogP contribution in [0.2, 0.25) is 0 Å². The van der Waals surface area contributed by atoms with Gasteiger partial charge in [-0.2, -0.15) is 0 Å². The first-order chi connectivity index (χ1) is 15.0. The molecule has 1 fully saturated rings. The Morgan fingerprint density at radius 1 is 1.26 bits per heavy atom. The summed E-state index contributed by atoms with van der Waals surface area (Å²) in [5, 5.41) is 10.5. The van der Waals surface area contributed by atoms with E-state index in [1.807, 2.05) is 6.07 Å². The molecule has 4 aromatic rings. The first kappa shape index (κ1) is 19.7. The Labute approximate surface area is 175 Å². The lowest BCUT2D eigenvalue weighted by molar-refractivity contribution is 0.127. The standard InChI is InChI=1S/C20H21F3N8/c1-11-26-16-3-2-14(27-19(16)30(11)10-18(22)23)12-5-7-31-17(12)9-25-20(29-31)28-15-4-6-24-8-13(15)21/h2-3,5,7,9,13,15,18,24H,4,6,8,10H2,1H3,(H,28,29)/t13-,15-/m1/s1. The van der Waals surface area contributed by atoms with E-state index in [1.165, 1.54) is 4.57 Å². The summed E-state index contributed by atoms with van der Waals surface area (Å²) in [6.45, 7) is 2.27. The smallest absolute Gasteiger partial charge is 0.256 e.